The first-order chi connectivity index (χ1) is 13.1. The number of hydrogen-bond donors (Lipinski definition) is 2. The predicted octanol–water partition coefficient (Wildman–Crippen LogP) is 5.82. The second-order valence-electron chi connectivity index (χ2n) is 11.5. The van der Waals surface area contributed by atoms with Crippen molar-refractivity contribution in [2.24, 2.45) is 39.9 Å². The Bertz CT molecular complexity index is 669. The van der Waals surface area contributed by atoms with E-state index in [1.165, 1.54) is 32.1 Å². The zero-order valence-corrected chi connectivity index (χ0v) is 18.3. The summed E-state index contributed by atoms with van der Waals surface area (Å²) in [7, 11) is 0. The van der Waals surface area contributed by atoms with Gasteiger partial charge in [0.1, 0.15) is 0 Å². The summed E-state index contributed by atoms with van der Waals surface area (Å²) in [6, 6.07) is 0. The number of hydrogen-bond acceptors (Lipinski definition) is 2. The van der Waals surface area contributed by atoms with Gasteiger partial charge in [-0.1, -0.05) is 39.3 Å². The lowest BCUT2D eigenvalue weighted by atomic mass is 9.41. The molecule has 0 aromatic carbocycles. The van der Waals surface area contributed by atoms with Crippen molar-refractivity contribution in [2.75, 3.05) is 0 Å². The molecule has 0 aliphatic heterocycles. The van der Waals surface area contributed by atoms with Crippen LogP contribution in [0.2, 0.25) is 0 Å². The van der Waals surface area contributed by atoms with Crippen molar-refractivity contribution in [3.8, 4) is 0 Å². The highest BCUT2D eigenvalue weighted by Crippen LogP contribution is 2.71. The number of carboxylic acid groups (broad SMARTS) is 1. The molecule has 158 valence electrons. The van der Waals surface area contributed by atoms with Crippen molar-refractivity contribution >= 4 is 5.97 Å². The van der Waals surface area contributed by atoms with Crippen molar-refractivity contribution in [1.29, 1.82) is 0 Å². The zero-order chi connectivity index (χ0) is 20.3. The highest BCUT2D eigenvalue weighted by atomic mass is 16.4. The summed E-state index contributed by atoms with van der Waals surface area (Å²) >= 11 is 0. The second kappa shape index (κ2) is 6.86. The van der Waals surface area contributed by atoms with E-state index < -0.39 is 5.97 Å². The molecule has 4 aliphatic carbocycles. The molecule has 0 heterocycles. The van der Waals surface area contributed by atoms with Crippen LogP contribution < -0.4 is 0 Å². The summed E-state index contributed by atoms with van der Waals surface area (Å²) in [5.41, 5.74) is 2.54. The molecule has 3 saturated carbocycles. The summed E-state index contributed by atoms with van der Waals surface area (Å²) in [6.07, 6.45) is 12.9. The molecule has 0 aromatic rings. The van der Waals surface area contributed by atoms with E-state index in [9.17, 15) is 9.90 Å². The molecule has 8 atom stereocenters. The molecule has 3 heteroatoms. The molecular formula is C25H40O3. The van der Waals surface area contributed by atoms with Crippen LogP contribution >= 0.6 is 0 Å². The fraction of sp³-hybridized carbons (Fsp3) is 0.880. The molecule has 0 unspecified atom stereocenters. The van der Waals surface area contributed by atoms with Crippen LogP contribution in [0, 0.1) is 39.9 Å². The lowest BCUT2D eigenvalue weighted by Crippen LogP contribution is -2.56. The van der Waals surface area contributed by atoms with Crippen LogP contribution in [0.1, 0.15) is 91.9 Å². The van der Waals surface area contributed by atoms with E-state index in [-0.39, 0.29) is 11.5 Å². The Morgan fingerprint density at radius 3 is 2.57 bits per heavy atom. The number of aliphatic hydroxyl groups excluding tert-OH is 1. The van der Waals surface area contributed by atoms with Gasteiger partial charge in [-0.2, -0.15) is 0 Å². The normalized spacial score (nSPS) is 48.8. The molecule has 0 saturated heterocycles. The van der Waals surface area contributed by atoms with Gasteiger partial charge in [0.25, 0.3) is 0 Å². The number of carboxylic acids is 1. The molecule has 28 heavy (non-hydrogen) atoms. The summed E-state index contributed by atoms with van der Waals surface area (Å²) in [6.45, 7) is 9.92. The molecule has 3 nitrogen and oxygen atoms in total. The van der Waals surface area contributed by atoms with Gasteiger partial charge in [0.15, 0.2) is 0 Å². The fourth-order valence-corrected chi connectivity index (χ4v) is 8.83. The van der Waals surface area contributed by atoms with E-state index >= 15 is 0 Å². The summed E-state index contributed by atoms with van der Waals surface area (Å²) < 4.78 is 0. The molecule has 4 aliphatic rings. The van der Waals surface area contributed by atoms with Crippen molar-refractivity contribution in [1.82, 2.24) is 0 Å². The van der Waals surface area contributed by atoms with E-state index in [1.54, 1.807) is 5.57 Å². The Morgan fingerprint density at radius 2 is 1.86 bits per heavy atom. The Balaban J connectivity index is 1.60. The SMILES string of the molecule is C[C@H](CCC(=O)O)[C@H]1CC[C@@H]2[C@]1(C)CC[C@H]1[C@@]2(C)CC=C2C[C@@H](O)CC[C@@]21C. The number of fused-ring (bicyclic) bond motifs is 5. The van der Waals surface area contributed by atoms with Gasteiger partial charge in [0.2, 0.25) is 0 Å². The third-order valence-corrected chi connectivity index (χ3v) is 10.2. The average Bonchev–Trinajstić information content (AvgIpc) is 2.99. The van der Waals surface area contributed by atoms with Crippen molar-refractivity contribution < 1.29 is 15.0 Å². The molecular weight excluding hydrogens is 348 g/mol. The lowest BCUT2D eigenvalue weighted by molar-refractivity contribution is -0.138. The van der Waals surface area contributed by atoms with Gasteiger partial charge in [-0.25, -0.2) is 0 Å². The highest BCUT2D eigenvalue weighted by Gasteiger charge is 2.63. The van der Waals surface area contributed by atoms with Crippen LogP contribution in [0.3, 0.4) is 0 Å². The molecule has 0 aromatic heterocycles. The molecule has 0 spiro atoms. The Morgan fingerprint density at radius 1 is 1.11 bits per heavy atom. The van der Waals surface area contributed by atoms with Gasteiger partial charge in [0, 0.05) is 6.42 Å². The third kappa shape index (κ3) is 2.90. The Labute approximate surface area is 171 Å². The van der Waals surface area contributed by atoms with Crippen LogP contribution in [0.25, 0.3) is 0 Å². The van der Waals surface area contributed by atoms with Gasteiger partial charge in [-0.3, -0.25) is 4.79 Å². The van der Waals surface area contributed by atoms with Gasteiger partial charge in [-0.15, -0.1) is 0 Å². The molecule has 3 fully saturated rings. The summed E-state index contributed by atoms with van der Waals surface area (Å²) in [5.74, 6) is 2.00. The van der Waals surface area contributed by atoms with Crippen molar-refractivity contribution in [2.45, 2.75) is 98.0 Å². The van der Waals surface area contributed by atoms with E-state index in [1.807, 2.05) is 0 Å². The number of carbonyl (C=O) groups is 1. The Hall–Kier alpha value is -0.830. The van der Waals surface area contributed by atoms with Gasteiger partial charge < -0.3 is 10.2 Å². The Kier molecular flexibility index (Phi) is 5.01. The molecule has 0 amide bonds. The number of allylic oxidation sites excluding steroid dienone is 1. The van der Waals surface area contributed by atoms with Crippen molar-refractivity contribution in [3.05, 3.63) is 11.6 Å². The molecule has 4 rings (SSSR count). The van der Waals surface area contributed by atoms with Crippen molar-refractivity contribution in [3.63, 3.8) is 0 Å². The largest absolute Gasteiger partial charge is 0.481 e. The highest BCUT2D eigenvalue weighted by molar-refractivity contribution is 5.66. The smallest absolute Gasteiger partial charge is 0.303 e. The molecule has 0 bridgehead atoms. The van der Waals surface area contributed by atoms with Crippen LogP contribution in [0.4, 0.5) is 0 Å². The average molecular weight is 389 g/mol. The maximum atomic E-state index is 11.1. The maximum Gasteiger partial charge on any atom is 0.303 e. The zero-order valence-electron chi connectivity index (χ0n) is 18.3. The summed E-state index contributed by atoms with van der Waals surface area (Å²) in [5, 5.41) is 19.3. The van der Waals surface area contributed by atoms with E-state index in [2.05, 4.69) is 33.8 Å². The minimum Gasteiger partial charge on any atom is -0.481 e. The standard InChI is InChI=1S/C25H40O3/c1-16(5-8-22(27)28)19-6-7-20-24(19,3)14-11-21-23(2)13-10-18(26)15-17(23)9-12-25(20,21)4/h9,16,18-21,26H,5-8,10-15H2,1-4H3,(H,27,28)/t16-,18+,19-,20-,21-,23+,24-,25+/m1/s1. The topological polar surface area (TPSA) is 57.5 Å². The first-order valence-electron chi connectivity index (χ1n) is 11.7. The van der Waals surface area contributed by atoms with Crippen LogP contribution in [0.15, 0.2) is 11.6 Å². The second-order valence-corrected chi connectivity index (χ2v) is 11.5. The van der Waals surface area contributed by atoms with Crippen LogP contribution in [-0.4, -0.2) is 22.3 Å². The fourth-order valence-electron chi connectivity index (χ4n) is 8.83. The third-order valence-electron chi connectivity index (χ3n) is 10.2. The minimum absolute atomic E-state index is 0.136. The molecule has 0 radical (unpaired) electrons. The number of rotatable bonds is 4. The predicted molar refractivity (Wildman–Crippen MR) is 112 cm³/mol. The lowest BCUT2D eigenvalue weighted by Gasteiger charge is -2.63. The minimum atomic E-state index is -0.653. The van der Waals surface area contributed by atoms with E-state index in [0.717, 1.165) is 37.5 Å². The van der Waals surface area contributed by atoms with E-state index in [0.29, 0.717) is 29.1 Å². The number of aliphatic hydroxyl groups is 1. The van der Waals surface area contributed by atoms with Gasteiger partial charge in [-0.05, 0) is 97.7 Å². The number of aliphatic carboxylic acids is 1. The monoisotopic (exact) mass is 388 g/mol. The van der Waals surface area contributed by atoms with Crippen LogP contribution in [-0.2, 0) is 4.79 Å². The van der Waals surface area contributed by atoms with Gasteiger partial charge >= 0.3 is 5.97 Å². The van der Waals surface area contributed by atoms with Gasteiger partial charge in [0.05, 0.1) is 6.10 Å². The van der Waals surface area contributed by atoms with E-state index in [4.69, 9.17) is 5.11 Å². The quantitative estimate of drug-likeness (QED) is 0.597. The molecule has 2 N–H and O–H groups in total. The first-order valence-corrected chi connectivity index (χ1v) is 11.7. The first kappa shape index (κ1) is 20.4. The summed E-state index contributed by atoms with van der Waals surface area (Å²) in [4.78, 5) is 11.1. The van der Waals surface area contributed by atoms with Crippen LogP contribution in [0.5, 0.6) is 0 Å². The maximum absolute atomic E-state index is 11.1.